The van der Waals surface area contributed by atoms with Gasteiger partial charge in [0.2, 0.25) is 0 Å². The Labute approximate surface area is 98.4 Å². The van der Waals surface area contributed by atoms with E-state index in [1.165, 1.54) is 0 Å². The first-order chi connectivity index (χ1) is 7.58. The molecule has 0 aliphatic heterocycles. The van der Waals surface area contributed by atoms with E-state index in [4.69, 9.17) is 21.9 Å². The van der Waals surface area contributed by atoms with Crippen molar-refractivity contribution in [2.45, 2.75) is 19.9 Å². The quantitative estimate of drug-likeness (QED) is 0.872. The zero-order valence-electron chi connectivity index (χ0n) is 9.07. The summed E-state index contributed by atoms with van der Waals surface area (Å²) in [6.07, 6.45) is 0. The molecule has 0 aliphatic rings. The van der Waals surface area contributed by atoms with Gasteiger partial charge in [-0.3, -0.25) is 0 Å². The van der Waals surface area contributed by atoms with Crippen molar-refractivity contribution in [2.75, 3.05) is 0 Å². The Morgan fingerprint density at radius 1 is 1.44 bits per heavy atom. The summed E-state index contributed by atoms with van der Waals surface area (Å²) in [5.41, 5.74) is 7.47. The van der Waals surface area contributed by atoms with Crippen molar-refractivity contribution in [2.24, 2.45) is 5.73 Å². The SMILES string of the molecule is Cc1cc(-c2nc(C(C)N)no2)ccc1Cl. The van der Waals surface area contributed by atoms with E-state index in [9.17, 15) is 0 Å². The third-order valence-corrected chi connectivity index (χ3v) is 2.68. The van der Waals surface area contributed by atoms with Crippen LogP contribution in [0.3, 0.4) is 0 Å². The van der Waals surface area contributed by atoms with Crippen LogP contribution in [0.4, 0.5) is 0 Å². The lowest BCUT2D eigenvalue weighted by atomic mass is 10.1. The number of hydrogen-bond acceptors (Lipinski definition) is 4. The summed E-state index contributed by atoms with van der Waals surface area (Å²) in [6, 6.07) is 5.32. The largest absolute Gasteiger partial charge is 0.334 e. The Morgan fingerprint density at radius 3 is 2.75 bits per heavy atom. The Kier molecular flexibility index (Phi) is 2.94. The second-order valence-electron chi connectivity index (χ2n) is 3.71. The minimum atomic E-state index is -0.231. The van der Waals surface area contributed by atoms with Crippen LogP contribution < -0.4 is 5.73 Å². The van der Waals surface area contributed by atoms with Crippen molar-refractivity contribution in [3.05, 3.63) is 34.6 Å². The first kappa shape index (κ1) is 11.1. The van der Waals surface area contributed by atoms with Gasteiger partial charge in [-0.1, -0.05) is 16.8 Å². The molecule has 0 amide bonds. The van der Waals surface area contributed by atoms with Crippen LogP contribution in [0.15, 0.2) is 22.7 Å². The summed E-state index contributed by atoms with van der Waals surface area (Å²) >= 11 is 5.94. The maximum absolute atomic E-state index is 5.94. The number of rotatable bonds is 2. The molecule has 1 aromatic carbocycles. The number of benzene rings is 1. The lowest BCUT2D eigenvalue weighted by molar-refractivity contribution is 0.418. The molecule has 5 heteroatoms. The van der Waals surface area contributed by atoms with Gasteiger partial charge in [-0.05, 0) is 37.6 Å². The van der Waals surface area contributed by atoms with Crippen molar-refractivity contribution >= 4 is 11.6 Å². The van der Waals surface area contributed by atoms with Gasteiger partial charge < -0.3 is 10.3 Å². The van der Waals surface area contributed by atoms with Crippen molar-refractivity contribution < 1.29 is 4.52 Å². The summed E-state index contributed by atoms with van der Waals surface area (Å²) in [6.45, 7) is 3.73. The fourth-order valence-corrected chi connectivity index (χ4v) is 1.43. The minimum Gasteiger partial charge on any atom is -0.334 e. The van der Waals surface area contributed by atoms with Gasteiger partial charge in [0.1, 0.15) is 0 Å². The third-order valence-electron chi connectivity index (χ3n) is 2.25. The molecule has 2 N–H and O–H groups in total. The molecule has 0 fully saturated rings. The topological polar surface area (TPSA) is 64.9 Å². The second-order valence-corrected chi connectivity index (χ2v) is 4.12. The zero-order chi connectivity index (χ0) is 11.7. The molecule has 0 bridgehead atoms. The van der Waals surface area contributed by atoms with Gasteiger partial charge in [0, 0.05) is 10.6 Å². The highest BCUT2D eigenvalue weighted by molar-refractivity contribution is 6.31. The summed E-state index contributed by atoms with van der Waals surface area (Å²) in [4.78, 5) is 4.20. The Bertz CT molecular complexity index is 508. The number of hydrogen-bond donors (Lipinski definition) is 1. The fourth-order valence-electron chi connectivity index (χ4n) is 1.31. The molecule has 0 saturated carbocycles. The van der Waals surface area contributed by atoms with Crippen molar-refractivity contribution in [1.29, 1.82) is 0 Å². The van der Waals surface area contributed by atoms with E-state index in [2.05, 4.69) is 10.1 Å². The molecule has 0 aliphatic carbocycles. The molecular formula is C11H12ClN3O. The third kappa shape index (κ3) is 2.08. The van der Waals surface area contributed by atoms with Crippen LogP contribution in [-0.4, -0.2) is 10.1 Å². The Morgan fingerprint density at radius 2 is 2.19 bits per heavy atom. The molecule has 1 atom stereocenters. The van der Waals surface area contributed by atoms with Gasteiger partial charge in [0.25, 0.3) is 5.89 Å². The highest BCUT2D eigenvalue weighted by atomic mass is 35.5. The molecular weight excluding hydrogens is 226 g/mol. The van der Waals surface area contributed by atoms with E-state index < -0.39 is 0 Å². The van der Waals surface area contributed by atoms with Gasteiger partial charge in [0.15, 0.2) is 5.82 Å². The van der Waals surface area contributed by atoms with E-state index in [1.807, 2.05) is 32.0 Å². The van der Waals surface area contributed by atoms with Crippen LogP contribution in [0.1, 0.15) is 24.4 Å². The summed E-state index contributed by atoms with van der Waals surface area (Å²) < 4.78 is 5.12. The minimum absolute atomic E-state index is 0.231. The average Bonchev–Trinajstić information content (AvgIpc) is 2.71. The molecule has 0 radical (unpaired) electrons. The predicted molar refractivity (Wildman–Crippen MR) is 62.1 cm³/mol. The van der Waals surface area contributed by atoms with Crippen LogP contribution in [0, 0.1) is 6.92 Å². The Balaban J connectivity index is 2.39. The van der Waals surface area contributed by atoms with E-state index in [1.54, 1.807) is 0 Å². The number of halogens is 1. The zero-order valence-corrected chi connectivity index (χ0v) is 9.82. The standard InChI is InChI=1S/C11H12ClN3O/c1-6-5-8(3-4-9(6)12)11-14-10(7(2)13)15-16-11/h3-5,7H,13H2,1-2H3. The molecule has 2 rings (SSSR count). The molecule has 0 spiro atoms. The smallest absolute Gasteiger partial charge is 0.257 e. The molecule has 16 heavy (non-hydrogen) atoms. The molecule has 1 unspecified atom stereocenters. The van der Waals surface area contributed by atoms with Crippen molar-refractivity contribution in [3.63, 3.8) is 0 Å². The first-order valence-electron chi connectivity index (χ1n) is 4.93. The number of nitrogens with two attached hydrogens (primary N) is 1. The van der Waals surface area contributed by atoms with E-state index in [0.29, 0.717) is 11.7 Å². The van der Waals surface area contributed by atoms with Gasteiger partial charge >= 0.3 is 0 Å². The second kappa shape index (κ2) is 4.23. The monoisotopic (exact) mass is 237 g/mol. The van der Waals surface area contributed by atoms with Crippen LogP contribution in [-0.2, 0) is 0 Å². The maximum atomic E-state index is 5.94. The lowest BCUT2D eigenvalue weighted by Gasteiger charge is -1.99. The van der Waals surface area contributed by atoms with Gasteiger partial charge in [-0.25, -0.2) is 0 Å². The van der Waals surface area contributed by atoms with Crippen LogP contribution in [0.25, 0.3) is 11.5 Å². The van der Waals surface area contributed by atoms with Crippen molar-refractivity contribution in [3.8, 4) is 11.5 Å². The predicted octanol–water partition coefficient (Wildman–Crippen LogP) is 2.72. The molecule has 84 valence electrons. The highest BCUT2D eigenvalue weighted by Crippen LogP contribution is 2.23. The average molecular weight is 238 g/mol. The van der Waals surface area contributed by atoms with Gasteiger partial charge in [-0.2, -0.15) is 4.98 Å². The number of nitrogens with zero attached hydrogens (tertiary/aromatic N) is 2. The van der Waals surface area contributed by atoms with Crippen LogP contribution >= 0.6 is 11.6 Å². The number of aromatic nitrogens is 2. The van der Waals surface area contributed by atoms with E-state index in [0.717, 1.165) is 16.1 Å². The summed E-state index contributed by atoms with van der Waals surface area (Å²) in [7, 11) is 0. The maximum Gasteiger partial charge on any atom is 0.257 e. The highest BCUT2D eigenvalue weighted by Gasteiger charge is 2.12. The number of aryl methyl sites for hydroxylation is 1. The van der Waals surface area contributed by atoms with Gasteiger partial charge in [0.05, 0.1) is 6.04 Å². The first-order valence-corrected chi connectivity index (χ1v) is 5.31. The van der Waals surface area contributed by atoms with E-state index in [-0.39, 0.29) is 6.04 Å². The summed E-state index contributed by atoms with van der Waals surface area (Å²) in [5, 5.41) is 4.52. The van der Waals surface area contributed by atoms with Crippen LogP contribution in [0.5, 0.6) is 0 Å². The van der Waals surface area contributed by atoms with Crippen LogP contribution in [0.2, 0.25) is 5.02 Å². The van der Waals surface area contributed by atoms with Crippen molar-refractivity contribution in [1.82, 2.24) is 10.1 Å². The Hall–Kier alpha value is -1.39. The molecule has 1 heterocycles. The fraction of sp³-hybridized carbons (Fsp3) is 0.273. The van der Waals surface area contributed by atoms with E-state index >= 15 is 0 Å². The summed E-state index contributed by atoms with van der Waals surface area (Å²) in [5.74, 6) is 0.967. The molecule has 0 saturated heterocycles. The normalized spacial score (nSPS) is 12.8. The molecule has 1 aromatic heterocycles. The molecule has 4 nitrogen and oxygen atoms in total. The van der Waals surface area contributed by atoms with Gasteiger partial charge in [-0.15, -0.1) is 0 Å². The molecule has 2 aromatic rings. The lowest BCUT2D eigenvalue weighted by Crippen LogP contribution is -2.06.